The first-order valence-corrected chi connectivity index (χ1v) is 6.03. The third-order valence-corrected chi connectivity index (χ3v) is 3.02. The minimum Gasteiger partial charge on any atom is -0.380 e. The number of rotatable bonds is 3. The fraction of sp³-hybridized carbons (Fsp3) is 0.538. The zero-order chi connectivity index (χ0) is 13.0. The average molecular weight is 259 g/mol. The van der Waals surface area contributed by atoms with Crippen LogP contribution in [0, 0.1) is 0 Å². The summed E-state index contributed by atoms with van der Waals surface area (Å²) >= 11 is 0. The molecule has 1 saturated heterocycles. The van der Waals surface area contributed by atoms with Crippen molar-refractivity contribution in [1.29, 1.82) is 0 Å². The van der Waals surface area contributed by atoms with Gasteiger partial charge in [-0.3, -0.25) is 5.32 Å². The summed E-state index contributed by atoms with van der Waals surface area (Å²) in [4.78, 5) is 0. The van der Waals surface area contributed by atoms with Crippen LogP contribution in [0.2, 0.25) is 0 Å². The summed E-state index contributed by atoms with van der Waals surface area (Å²) in [5, 5.41) is 2.66. The van der Waals surface area contributed by atoms with Crippen LogP contribution in [0.15, 0.2) is 30.3 Å². The largest absolute Gasteiger partial charge is 0.407 e. The molecule has 1 aromatic carbocycles. The smallest absolute Gasteiger partial charge is 0.380 e. The zero-order valence-electron chi connectivity index (χ0n) is 9.91. The van der Waals surface area contributed by atoms with Crippen molar-refractivity contribution in [2.45, 2.75) is 31.1 Å². The van der Waals surface area contributed by atoms with Crippen molar-refractivity contribution in [1.82, 2.24) is 5.32 Å². The molecule has 1 fully saturated rings. The molecule has 0 aromatic heterocycles. The van der Waals surface area contributed by atoms with Crippen molar-refractivity contribution in [2.24, 2.45) is 0 Å². The SMILES string of the molecule is FC(F)(F)C(NC1CCCOC1)c1ccccc1. The van der Waals surface area contributed by atoms with Crippen LogP contribution in [0.25, 0.3) is 0 Å². The van der Waals surface area contributed by atoms with Gasteiger partial charge in [-0.05, 0) is 18.4 Å². The Morgan fingerprint density at radius 3 is 2.50 bits per heavy atom. The number of halogens is 3. The minimum atomic E-state index is -4.29. The third-order valence-electron chi connectivity index (χ3n) is 3.02. The fourth-order valence-electron chi connectivity index (χ4n) is 2.13. The molecule has 1 aliphatic heterocycles. The van der Waals surface area contributed by atoms with Crippen LogP contribution in [0.4, 0.5) is 13.2 Å². The first-order chi connectivity index (χ1) is 8.57. The Morgan fingerprint density at radius 1 is 1.22 bits per heavy atom. The van der Waals surface area contributed by atoms with Gasteiger partial charge in [0.15, 0.2) is 0 Å². The van der Waals surface area contributed by atoms with E-state index in [0.717, 1.165) is 12.8 Å². The van der Waals surface area contributed by atoms with E-state index in [4.69, 9.17) is 4.74 Å². The molecule has 1 aromatic rings. The van der Waals surface area contributed by atoms with Crippen molar-refractivity contribution in [2.75, 3.05) is 13.2 Å². The van der Waals surface area contributed by atoms with E-state index in [-0.39, 0.29) is 11.6 Å². The summed E-state index contributed by atoms with van der Waals surface area (Å²) in [6, 6.07) is 6.08. The van der Waals surface area contributed by atoms with Crippen molar-refractivity contribution < 1.29 is 17.9 Å². The fourth-order valence-corrected chi connectivity index (χ4v) is 2.13. The molecule has 0 aliphatic carbocycles. The zero-order valence-corrected chi connectivity index (χ0v) is 9.91. The second-order valence-corrected chi connectivity index (χ2v) is 4.47. The molecule has 0 bridgehead atoms. The number of ether oxygens (including phenoxy) is 1. The van der Waals surface area contributed by atoms with Gasteiger partial charge in [-0.25, -0.2) is 0 Å². The molecular weight excluding hydrogens is 243 g/mol. The standard InChI is InChI=1S/C13H16F3NO/c14-13(15,16)12(10-5-2-1-3-6-10)17-11-7-4-8-18-9-11/h1-3,5-6,11-12,17H,4,7-9H2. The van der Waals surface area contributed by atoms with E-state index >= 15 is 0 Å². The van der Waals surface area contributed by atoms with Gasteiger partial charge in [0.1, 0.15) is 6.04 Å². The van der Waals surface area contributed by atoms with Crippen molar-refractivity contribution in [3.63, 3.8) is 0 Å². The van der Waals surface area contributed by atoms with Gasteiger partial charge in [0.25, 0.3) is 0 Å². The number of hydrogen-bond acceptors (Lipinski definition) is 2. The minimum absolute atomic E-state index is 0.231. The summed E-state index contributed by atoms with van der Waals surface area (Å²) in [7, 11) is 0. The third kappa shape index (κ3) is 3.46. The molecule has 100 valence electrons. The lowest BCUT2D eigenvalue weighted by molar-refractivity contribution is -0.161. The Kier molecular flexibility index (Phi) is 4.24. The topological polar surface area (TPSA) is 21.3 Å². The average Bonchev–Trinajstić information content (AvgIpc) is 2.37. The number of hydrogen-bond donors (Lipinski definition) is 1. The second-order valence-electron chi connectivity index (χ2n) is 4.47. The van der Waals surface area contributed by atoms with Crippen LogP contribution < -0.4 is 5.32 Å². The molecule has 18 heavy (non-hydrogen) atoms. The first-order valence-electron chi connectivity index (χ1n) is 6.03. The van der Waals surface area contributed by atoms with Gasteiger partial charge in [-0.2, -0.15) is 13.2 Å². The van der Waals surface area contributed by atoms with E-state index in [1.54, 1.807) is 18.2 Å². The van der Waals surface area contributed by atoms with E-state index in [1.807, 2.05) is 0 Å². The van der Waals surface area contributed by atoms with Gasteiger partial charge < -0.3 is 4.74 Å². The van der Waals surface area contributed by atoms with E-state index < -0.39 is 12.2 Å². The highest BCUT2D eigenvalue weighted by Gasteiger charge is 2.41. The predicted molar refractivity (Wildman–Crippen MR) is 62.2 cm³/mol. The summed E-state index contributed by atoms with van der Waals surface area (Å²) in [5.74, 6) is 0. The molecule has 0 amide bonds. The molecular formula is C13H16F3NO. The van der Waals surface area contributed by atoms with Crippen LogP contribution in [-0.4, -0.2) is 25.4 Å². The molecule has 0 radical (unpaired) electrons. The lowest BCUT2D eigenvalue weighted by Crippen LogP contribution is -2.44. The van der Waals surface area contributed by atoms with Gasteiger partial charge in [0.2, 0.25) is 0 Å². The highest BCUT2D eigenvalue weighted by Crippen LogP contribution is 2.33. The number of alkyl halides is 3. The van der Waals surface area contributed by atoms with Gasteiger partial charge in [0, 0.05) is 12.6 Å². The quantitative estimate of drug-likeness (QED) is 0.900. The van der Waals surface area contributed by atoms with E-state index in [0.29, 0.717) is 13.2 Å². The van der Waals surface area contributed by atoms with Crippen molar-refractivity contribution in [3.8, 4) is 0 Å². The van der Waals surface area contributed by atoms with Crippen LogP contribution >= 0.6 is 0 Å². The molecule has 0 saturated carbocycles. The summed E-state index contributed by atoms with van der Waals surface area (Å²) in [6.45, 7) is 0.986. The van der Waals surface area contributed by atoms with Crippen molar-refractivity contribution in [3.05, 3.63) is 35.9 Å². The maximum Gasteiger partial charge on any atom is 0.407 e. The van der Waals surface area contributed by atoms with Crippen LogP contribution in [-0.2, 0) is 4.74 Å². The Hall–Kier alpha value is -1.07. The second kappa shape index (κ2) is 5.71. The highest BCUT2D eigenvalue weighted by molar-refractivity contribution is 5.20. The predicted octanol–water partition coefficient (Wildman–Crippen LogP) is 3.06. The Labute approximate surface area is 104 Å². The normalized spacial score (nSPS) is 22.7. The lowest BCUT2D eigenvalue weighted by Gasteiger charge is -2.30. The van der Waals surface area contributed by atoms with E-state index in [1.165, 1.54) is 12.1 Å². The van der Waals surface area contributed by atoms with Crippen molar-refractivity contribution >= 4 is 0 Å². The molecule has 2 atom stereocenters. The summed E-state index contributed by atoms with van der Waals surface area (Å²) < 4.78 is 44.4. The number of nitrogens with one attached hydrogen (secondary N) is 1. The van der Waals surface area contributed by atoms with E-state index in [2.05, 4.69) is 5.32 Å². The Bertz CT molecular complexity index is 360. The van der Waals surface area contributed by atoms with Crippen LogP contribution in [0.5, 0.6) is 0 Å². The van der Waals surface area contributed by atoms with Gasteiger partial charge >= 0.3 is 6.18 Å². The maximum atomic E-state index is 13.1. The Balaban J connectivity index is 2.11. The lowest BCUT2D eigenvalue weighted by atomic mass is 10.0. The molecule has 1 N–H and O–H groups in total. The van der Waals surface area contributed by atoms with Crippen LogP contribution in [0.3, 0.4) is 0 Å². The first kappa shape index (κ1) is 13.4. The monoisotopic (exact) mass is 259 g/mol. The van der Waals surface area contributed by atoms with Gasteiger partial charge in [-0.15, -0.1) is 0 Å². The maximum absolute atomic E-state index is 13.1. The summed E-state index contributed by atoms with van der Waals surface area (Å²) in [5.41, 5.74) is 0.246. The molecule has 2 unspecified atom stereocenters. The molecule has 2 rings (SSSR count). The van der Waals surface area contributed by atoms with Gasteiger partial charge in [0.05, 0.1) is 6.61 Å². The van der Waals surface area contributed by atoms with Gasteiger partial charge in [-0.1, -0.05) is 30.3 Å². The number of benzene rings is 1. The molecule has 0 spiro atoms. The molecule has 5 heteroatoms. The molecule has 1 heterocycles. The molecule has 1 aliphatic rings. The van der Waals surface area contributed by atoms with E-state index in [9.17, 15) is 13.2 Å². The highest BCUT2D eigenvalue weighted by atomic mass is 19.4. The molecule has 2 nitrogen and oxygen atoms in total. The summed E-state index contributed by atoms with van der Waals surface area (Å²) in [6.07, 6.45) is -2.77. The Morgan fingerprint density at radius 2 is 1.94 bits per heavy atom. The van der Waals surface area contributed by atoms with Crippen LogP contribution in [0.1, 0.15) is 24.4 Å².